The summed E-state index contributed by atoms with van der Waals surface area (Å²) in [6, 6.07) is 11.4. The fourth-order valence-electron chi connectivity index (χ4n) is 2.15. The van der Waals surface area contributed by atoms with E-state index in [1.807, 2.05) is 12.1 Å². The average Bonchev–Trinajstić information content (AvgIpc) is 3.00. The highest BCUT2D eigenvalue weighted by molar-refractivity contribution is 7.16. The van der Waals surface area contributed by atoms with E-state index in [0.717, 1.165) is 28.3 Å². The topological polar surface area (TPSA) is 55.5 Å². The third kappa shape index (κ3) is 5.07. The Labute approximate surface area is 134 Å². The molecule has 0 atom stereocenters. The molecule has 116 valence electrons. The highest BCUT2D eigenvalue weighted by Crippen LogP contribution is 2.23. The van der Waals surface area contributed by atoms with Crippen molar-refractivity contribution in [1.82, 2.24) is 0 Å². The lowest BCUT2D eigenvalue weighted by Gasteiger charge is -2.01. The first kappa shape index (κ1) is 16.4. The van der Waals surface area contributed by atoms with Gasteiger partial charge in [0.15, 0.2) is 0 Å². The molecule has 0 spiro atoms. The van der Waals surface area contributed by atoms with E-state index in [9.17, 15) is 10.1 Å². The first-order valence-electron chi connectivity index (χ1n) is 7.56. The van der Waals surface area contributed by atoms with Gasteiger partial charge in [0.1, 0.15) is 0 Å². The highest BCUT2D eigenvalue weighted by Gasteiger charge is 2.07. The second-order valence-corrected chi connectivity index (χ2v) is 6.26. The predicted molar refractivity (Wildman–Crippen MR) is 92.5 cm³/mol. The molecule has 5 heteroatoms. The molecule has 0 aliphatic rings. The second kappa shape index (κ2) is 8.44. The van der Waals surface area contributed by atoms with Crippen LogP contribution in [0.4, 0.5) is 10.7 Å². The van der Waals surface area contributed by atoms with Gasteiger partial charge in [0.05, 0.1) is 15.5 Å². The Morgan fingerprint density at radius 3 is 2.55 bits per heavy atom. The molecule has 2 aromatic rings. The van der Waals surface area contributed by atoms with Crippen molar-refractivity contribution in [2.75, 3.05) is 0 Å². The maximum atomic E-state index is 10.6. The Morgan fingerprint density at radius 1 is 1.14 bits per heavy atom. The van der Waals surface area contributed by atoms with Crippen LogP contribution >= 0.6 is 11.3 Å². The Hall–Kier alpha value is -2.01. The number of hydrogen-bond acceptors (Lipinski definition) is 4. The minimum absolute atomic E-state index is 0.142. The maximum Gasteiger partial charge on any atom is 0.324 e. The van der Waals surface area contributed by atoms with Crippen LogP contribution in [-0.2, 0) is 6.42 Å². The van der Waals surface area contributed by atoms with Crippen LogP contribution in [0, 0.1) is 10.1 Å². The van der Waals surface area contributed by atoms with E-state index in [1.54, 1.807) is 12.3 Å². The zero-order valence-electron chi connectivity index (χ0n) is 12.7. The van der Waals surface area contributed by atoms with Crippen LogP contribution < -0.4 is 0 Å². The molecule has 22 heavy (non-hydrogen) atoms. The molecule has 1 aromatic carbocycles. The third-order valence-electron chi connectivity index (χ3n) is 3.39. The lowest BCUT2D eigenvalue weighted by atomic mass is 10.1. The fourth-order valence-corrected chi connectivity index (χ4v) is 2.85. The fraction of sp³-hybridized carbons (Fsp3) is 0.353. The van der Waals surface area contributed by atoms with E-state index in [-0.39, 0.29) is 9.92 Å². The van der Waals surface area contributed by atoms with Crippen molar-refractivity contribution >= 4 is 28.2 Å². The number of hydrogen-bond donors (Lipinski definition) is 0. The highest BCUT2D eigenvalue weighted by atomic mass is 32.1. The summed E-state index contributed by atoms with van der Waals surface area (Å²) in [6.07, 6.45) is 7.86. The molecule has 0 fully saturated rings. The summed E-state index contributed by atoms with van der Waals surface area (Å²) in [4.78, 5) is 15.4. The number of aliphatic imine (C=N–C) groups is 1. The molecule has 0 radical (unpaired) electrons. The van der Waals surface area contributed by atoms with Gasteiger partial charge in [-0.1, -0.05) is 49.7 Å². The van der Waals surface area contributed by atoms with Gasteiger partial charge in [-0.15, -0.1) is 0 Å². The van der Waals surface area contributed by atoms with Gasteiger partial charge in [0, 0.05) is 12.3 Å². The maximum absolute atomic E-state index is 10.6. The van der Waals surface area contributed by atoms with E-state index in [2.05, 4.69) is 24.0 Å². The summed E-state index contributed by atoms with van der Waals surface area (Å²) in [5.41, 5.74) is 2.20. The molecule has 1 aromatic heterocycles. The van der Waals surface area contributed by atoms with Gasteiger partial charge < -0.3 is 0 Å². The summed E-state index contributed by atoms with van der Waals surface area (Å²) in [6.45, 7) is 2.22. The van der Waals surface area contributed by atoms with Crippen molar-refractivity contribution in [2.24, 2.45) is 4.99 Å². The lowest BCUT2D eigenvalue weighted by molar-refractivity contribution is -0.380. The quantitative estimate of drug-likeness (QED) is 0.278. The van der Waals surface area contributed by atoms with Gasteiger partial charge in [0.2, 0.25) is 0 Å². The SMILES string of the molecule is CCCCCCc1ccc(N=Cc2ccc([N+](=O)[O-])s2)cc1. The van der Waals surface area contributed by atoms with Gasteiger partial charge in [-0.25, -0.2) is 0 Å². The first-order chi connectivity index (χ1) is 10.7. The van der Waals surface area contributed by atoms with Crippen LogP contribution in [-0.4, -0.2) is 11.1 Å². The third-order valence-corrected chi connectivity index (χ3v) is 4.36. The first-order valence-corrected chi connectivity index (χ1v) is 8.38. The number of aryl methyl sites for hydroxylation is 1. The van der Waals surface area contributed by atoms with Crippen LogP contribution in [0.15, 0.2) is 41.4 Å². The van der Waals surface area contributed by atoms with Crippen molar-refractivity contribution in [3.63, 3.8) is 0 Å². The number of unbranched alkanes of at least 4 members (excludes halogenated alkanes) is 3. The Bertz CT molecular complexity index is 632. The minimum atomic E-state index is -0.380. The molecule has 0 saturated carbocycles. The normalized spacial score (nSPS) is 11.1. The van der Waals surface area contributed by atoms with Gasteiger partial charge in [-0.2, -0.15) is 0 Å². The smallest absolute Gasteiger partial charge is 0.258 e. The number of thiophene rings is 1. The molecule has 0 aliphatic heterocycles. The van der Waals surface area contributed by atoms with Crippen molar-refractivity contribution in [3.05, 3.63) is 57.0 Å². The van der Waals surface area contributed by atoms with Gasteiger partial charge >= 0.3 is 5.00 Å². The molecule has 0 bridgehead atoms. The van der Waals surface area contributed by atoms with Crippen LogP contribution in [0.25, 0.3) is 0 Å². The van der Waals surface area contributed by atoms with Gasteiger partial charge in [-0.05, 0) is 36.6 Å². The second-order valence-electron chi connectivity index (χ2n) is 5.17. The van der Waals surface area contributed by atoms with Crippen molar-refractivity contribution in [2.45, 2.75) is 39.0 Å². The standard InChI is InChI=1S/C17H20N2O2S/c1-2-3-4-5-6-14-7-9-15(10-8-14)18-13-16-11-12-17(22-16)19(20)21/h7-13H,2-6H2,1H3. The average molecular weight is 316 g/mol. The van der Waals surface area contributed by atoms with E-state index in [1.165, 1.54) is 37.3 Å². The Kier molecular flexibility index (Phi) is 6.27. The van der Waals surface area contributed by atoms with Crippen LogP contribution in [0.1, 0.15) is 43.0 Å². The number of benzene rings is 1. The van der Waals surface area contributed by atoms with Crippen molar-refractivity contribution < 1.29 is 4.92 Å². The van der Waals surface area contributed by atoms with E-state index >= 15 is 0 Å². The molecule has 4 nitrogen and oxygen atoms in total. The Balaban J connectivity index is 1.89. The number of nitro groups is 1. The van der Waals surface area contributed by atoms with Gasteiger partial charge in [-0.3, -0.25) is 15.1 Å². The summed E-state index contributed by atoms with van der Waals surface area (Å²) >= 11 is 1.13. The molecular weight excluding hydrogens is 296 g/mol. The number of nitrogens with zero attached hydrogens (tertiary/aromatic N) is 2. The predicted octanol–water partition coefficient (Wildman–Crippen LogP) is 5.53. The zero-order chi connectivity index (χ0) is 15.8. The van der Waals surface area contributed by atoms with Gasteiger partial charge in [0.25, 0.3) is 0 Å². The van der Waals surface area contributed by atoms with Crippen LogP contribution in [0.3, 0.4) is 0 Å². The zero-order valence-corrected chi connectivity index (χ0v) is 13.5. The largest absolute Gasteiger partial charge is 0.324 e. The molecule has 0 unspecified atom stereocenters. The van der Waals surface area contributed by atoms with Crippen molar-refractivity contribution in [3.8, 4) is 0 Å². The molecular formula is C17H20N2O2S. The molecule has 2 rings (SSSR count). The monoisotopic (exact) mass is 316 g/mol. The summed E-state index contributed by atoms with van der Waals surface area (Å²) < 4.78 is 0. The minimum Gasteiger partial charge on any atom is -0.258 e. The van der Waals surface area contributed by atoms with Crippen molar-refractivity contribution in [1.29, 1.82) is 0 Å². The van der Waals surface area contributed by atoms with E-state index in [0.29, 0.717) is 0 Å². The molecule has 0 amide bonds. The molecule has 0 N–H and O–H groups in total. The summed E-state index contributed by atoms with van der Waals surface area (Å²) in [5, 5.41) is 10.8. The van der Waals surface area contributed by atoms with E-state index < -0.39 is 0 Å². The summed E-state index contributed by atoms with van der Waals surface area (Å²) in [5.74, 6) is 0. The Morgan fingerprint density at radius 2 is 1.91 bits per heavy atom. The molecule has 0 aliphatic carbocycles. The summed E-state index contributed by atoms with van der Waals surface area (Å²) in [7, 11) is 0. The van der Waals surface area contributed by atoms with Crippen LogP contribution in [0.5, 0.6) is 0 Å². The number of rotatable bonds is 8. The molecule has 0 saturated heterocycles. The lowest BCUT2D eigenvalue weighted by Crippen LogP contribution is -1.85. The van der Waals surface area contributed by atoms with Crippen LogP contribution in [0.2, 0.25) is 0 Å². The van der Waals surface area contributed by atoms with E-state index in [4.69, 9.17) is 0 Å². The molecule has 1 heterocycles.